The van der Waals surface area contributed by atoms with Crippen molar-refractivity contribution in [2.24, 2.45) is 0 Å². The number of piperidine rings is 1. The summed E-state index contributed by atoms with van der Waals surface area (Å²) in [5, 5.41) is 17.2. The van der Waals surface area contributed by atoms with Crippen LogP contribution < -0.4 is 4.90 Å². The van der Waals surface area contributed by atoms with Crippen LogP contribution in [0.15, 0.2) is 18.5 Å². The Morgan fingerprint density at radius 3 is 3.00 bits per heavy atom. The molecule has 0 bridgehead atoms. The molecule has 1 saturated heterocycles. The molecule has 0 aliphatic carbocycles. The smallest absolute Gasteiger partial charge is 0.133 e. The second-order valence-corrected chi connectivity index (χ2v) is 6.02. The van der Waals surface area contributed by atoms with E-state index < -0.39 is 0 Å². The zero-order valence-corrected chi connectivity index (χ0v) is 13.1. The quantitative estimate of drug-likeness (QED) is 0.922. The summed E-state index contributed by atoms with van der Waals surface area (Å²) < 4.78 is 1.86. The van der Waals surface area contributed by atoms with E-state index in [4.69, 9.17) is 5.11 Å². The molecule has 2 aromatic rings. The van der Waals surface area contributed by atoms with Crippen LogP contribution in [-0.4, -0.2) is 43.2 Å². The van der Waals surface area contributed by atoms with Gasteiger partial charge in [0.2, 0.25) is 0 Å². The van der Waals surface area contributed by atoms with E-state index >= 15 is 0 Å². The zero-order valence-electron chi connectivity index (χ0n) is 13.1. The predicted molar refractivity (Wildman–Crippen MR) is 82.5 cm³/mol. The molecular formula is C15H22N6O. The Kier molecular flexibility index (Phi) is 4.33. The molecule has 0 amide bonds. The van der Waals surface area contributed by atoms with Crippen LogP contribution in [0.5, 0.6) is 0 Å². The molecule has 1 aliphatic heterocycles. The van der Waals surface area contributed by atoms with Crippen LogP contribution in [0, 0.1) is 0 Å². The van der Waals surface area contributed by atoms with Gasteiger partial charge < -0.3 is 10.0 Å². The van der Waals surface area contributed by atoms with Crippen LogP contribution in [-0.2, 0) is 6.61 Å². The zero-order chi connectivity index (χ0) is 15.5. The molecule has 0 aromatic carbocycles. The monoisotopic (exact) mass is 302 g/mol. The van der Waals surface area contributed by atoms with E-state index in [0.29, 0.717) is 11.6 Å². The number of anilines is 1. The topological polar surface area (TPSA) is 80.0 Å². The van der Waals surface area contributed by atoms with Crippen molar-refractivity contribution in [3.8, 4) is 0 Å². The number of rotatable bonds is 4. The Balaban J connectivity index is 1.76. The molecule has 0 spiro atoms. The van der Waals surface area contributed by atoms with Gasteiger partial charge in [0.25, 0.3) is 0 Å². The summed E-state index contributed by atoms with van der Waals surface area (Å²) in [6.07, 6.45) is 5.81. The van der Waals surface area contributed by atoms with Crippen molar-refractivity contribution in [1.29, 1.82) is 0 Å². The summed E-state index contributed by atoms with van der Waals surface area (Å²) in [6.45, 7) is 5.98. The van der Waals surface area contributed by atoms with Gasteiger partial charge in [-0.25, -0.2) is 14.6 Å². The molecule has 1 fully saturated rings. The van der Waals surface area contributed by atoms with Crippen LogP contribution in [0.4, 0.5) is 5.82 Å². The standard InChI is InChI=1S/C15H22N6O/c1-11(2)15-16-6-5-14(17-15)20-7-3-4-13(9-20)21-8-12(10-22)18-19-21/h5-6,8,11,13,22H,3-4,7,9-10H2,1-2H3/t13-/m0/s1. The third-order valence-corrected chi connectivity index (χ3v) is 3.99. The van der Waals surface area contributed by atoms with Gasteiger partial charge in [0, 0.05) is 25.2 Å². The summed E-state index contributed by atoms with van der Waals surface area (Å²) in [5.41, 5.74) is 0.612. The van der Waals surface area contributed by atoms with Gasteiger partial charge in [-0.2, -0.15) is 0 Å². The van der Waals surface area contributed by atoms with Gasteiger partial charge in [0.1, 0.15) is 17.3 Å². The molecule has 0 radical (unpaired) electrons. The lowest BCUT2D eigenvalue weighted by Gasteiger charge is -2.33. The van der Waals surface area contributed by atoms with Gasteiger partial charge >= 0.3 is 0 Å². The van der Waals surface area contributed by atoms with Gasteiger partial charge in [-0.3, -0.25) is 0 Å². The van der Waals surface area contributed by atoms with Crippen LogP contribution >= 0.6 is 0 Å². The van der Waals surface area contributed by atoms with Gasteiger partial charge in [0.05, 0.1) is 18.8 Å². The van der Waals surface area contributed by atoms with E-state index in [9.17, 15) is 0 Å². The lowest BCUT2D eigenvalue weighted by molar-refractivity contribution is 0.276. The van der Waals surface area contributed by atoms with E-state index in [1.807, 2.05) is 23.1 Å². The fraction of sp³-hybridized carbons (Fsp3) is 0.600. The van der Waals surface area contributed by atoms with Crippen molar-refractivity contribution in [1.82, 2.24) is 25.0 Å². The minimum atomic E-state index is -0.0694. The molecule has 0 saturated carbocycles. The molecule has 1 atom stereocenters. The molecule has 118 valence electrons. The number of aliphatic hydroxyl groups excluding tert-OH is 1. The first kappa shape index (κ1) is 14.9. The third kappa shape index (κ3) is 3.09. The van der Waals surface area contributed by atoms with Gasteiger partial charge in [-0.15, -0.1) is 5.10 Å². The van der Waals surface area contributed by atoms with E-state index in [1.165, 1.54) is 0 Å². The Hall–Kier alpha value is -2.02. The second-order valence-electron chi connectivity index (χ2n) is 6.02. The maximum absolute atomic E-state index is 9.12. The first-order valence-electron chi connectivity index (χ1n) is 7.77. The van der Waals surface area contributed by atoms with E-state index in [0.717, 1.165) is 37.6 Å². The normalized spacial score (nSPS) is 18.9. The number of nitrogens with zero attached hydrogens (tertiary/aromatic N) is 6. The molecule has 2 aromatic heterocycles. The largest absolute Gasteiger partial charge is 0.390 e. The summed E-state index contributed by atoms with van der Waals surface area (Å²) in [4.78, 5) is 11.3. The highest BCUT2D eigenvalue weighted by Crippen LogP contribution is 2.25. The number of aromatic nitrogens is 5. The maximum atomic E-state index is 9.12. The SMILES string of the molecule is CC(C)c1nccc(N2CCC[C@H](n3cc(CO)nn3)C2)n1. The van der Waals surface area contributed by atoms with Crippen LogP contribution in [0.1, 0.15) is 50.2 Å². The minimum Gasteiger partial charge on any atom is -0.390 e. The first-order chi connectivity index (χ1) is 10.7. The summed E-state index contributed by atoms with van der Waals surface area (Å²) >= 11 is 0. The van der Waals surface area contributed by atoms with Crippen molar-refractivity contribution >= 4 is 5.82 Å². The number of hydrogen-bond donors (Lipinski definition) is 1. The lowest BCUT2D eigenvalue weighted by atomic mass is 10.1. The van der Waals surface area contributed by atoms with Gasteiger partial charge in [-0.05, 0) is 18.9 Å². The summed E-state index contributed by atoms with van der Waals surface area (Å²) in [5.74, 6) is 2.18. The molecular weight excluding hydrogens is 280 g/mol. The highest BCUT2D eigenvalue weighted by Gasteiger charge is 2.23. The molecule has 1 aliphatic rings. The summed E-state index contributed by atoms with van der Waals surface area (Å²) in [7, 11) is 0. The maximum Gasteiger partial charge on any atom is 0.133 e. The fourth-order valence-corrected chi connectivity index (χ4v) is 2.76. The Morgan fingerprint density at radius 1 is 1.41 bits per heavy atom. The van der Waals surface area contributed by atoms with E-state index in [-0.39, 0.29) is 12.6 Å². The lowest BCUT2D eigenvalue weighted by Crippen LogP contribution is -2.37. The van der Waals surface area contributed by atoms with E-state index in [1.54, 1.807) is 0 Å². The molecule has 3 rings (SSSR count). The van der Waals surface area contributed by atoms with Crippen molar-refractivity contribution in [2.75, 3.05) is 18.0 Å². The highest BCUT2D eigenvalue weighted by molar-refractivity contribution is 5.38. The molecule has 3 heterocycles. The van der Waals surface area contributed by atoms with Crippen molar-refractivity contribution in [2.45, 2.75) is 45.3 Å². The number of hydrogen-bond acceptors (Lipinski definition) is 6. The predicted octanol–water partition coefficient (Wildman–Crippen LogP) is 1.53. The Bertz CT molecular complexity index is 626. The Labute approximate surface area is 130 Å². The molecule has 7 nitrogen and oxygen atoms in total. The van der Waals surface area contributed by atoms with Crippen LogP contribution in [0.2, 0.25) is 0 Å². The molecule has 22 heavy (non-hydrogen) atoms. The average Bonchev–Trinajstić information content (AvgIpc) is 3.04. The van der Waals surface area contributed by atoms with Gasteiger partial charge in [-0.1, -0.05) is 19.1 Å². The molecule has 1 N–H and O–H groups in total. The first-order valence-corrected chi connectivity index (χ1v) is 7.77. The van der Waals surface area contributed by atoms with Crippen molar-refractivity contribution in [3.05, 3.63) is 30.0 Å². The average molecular weight is 302 g/mol. The molecule has 7 heteroatoms. The van der Waals surface area contributed by atoms with Crippen molar-refractivity contribution < 1.29 is 5.11 Å². The number of aliphatic hydroxyl groups is 1. The Morgan fingerprint density at radius 2 is 2.27 bits per heavy atom. The van der Waals surface area contributed by atoms with Crippen LogP contribution in [0.3, 0.4) is 0 Å². The minimum absolute atomic E-state index is 0.0694. The van der Waals surface area contributed by atoms with E-state index in [2.05, 4.69) is 39.0 Å². The summed E-state index contributed by atoms with van der Waals surface area (Å²) in [6, 6.07) is 2.23. The van der Waals surface area contributed by atoms with Crippen LogP contribution in [0.25, 0.3) is 0 Å². The van der Waals surface area contributed by atoms with Gasteiger partial charge in [0.15, 0.2) is 0 Å². The highest BCUT2D eigenvalue weighted by atomic mass is 16.3. The fourth-order valence-electron chi connectivity index (χ4n) is 2.76. The molecule has 0 unspecified atom stereocenters. The third-order valence-electron chi connectivity index (χ3n) is 3.99. The second kappa shape index (κ2) is 6.39. The van der Waals surface area contributed by atoms with Crippen molar-refractivity contribution in [3.63, 3.8) is 0 Å².